The van der Waals surface area contributed by atoms with Gasteiger partial charge >= 0.3 is 0 Å². The first-order valence-corrected chi connectivity index (χ1v) is 8.36. The average molecular weight is 327 g/mol. The molecule has 22 heavy (non-hydrogen) atoms. The summed E-state index contributed by atoms with van der Waals surface area (Å²) in [6.07, 6.45) is 1.06. The molecule has 1 atom stereocenters. The highest BCUT2D eigenvalue weighted by atomic mass is 32.2. The molecule has 1 aliphatic rings. The van der Waals surface area contributed by atoms with Crippen molar-refractivity contribution in [1.29, 1.82) is 0 Å². The molecule has 3 nitrogen and oxygen atoms in total. The van der Waals surface area contributed by atoms with Crippen molar-refractivity contribution in [3.63, 3.8) is 0 Å². The highest BCUT2D eigenvalue weighted by molar-refractivity contribution is 7.99. The molecule has 6 heteroatoms. The van der Waals surface area contributed by atoms with E-state index >= 15 is 0 Å². The van der Waals surface area contributed by atoms with E-state index in [0.29, 0.717) is 30.8 Å². The van der Waals surface area contributed by atoms with Crippen LogP contribution in [0.1, 0.15) is 37.0 Å². The Hall–Kier alpha value is -1.43. The molecular formula is C16H19F2NO2S. The molecule has 1 aliphatic heterocycles. The zero-order valence-electron chi connectivity index (χ0n) is 12.5. The minimum Gasteiger partial charge on any atom is -0.342 e. The van der Waals surface area contributed by atoms with Gasteiger partial charge in [-0.05, 0) is 31.5 Å². The summed E-state index contributed by atoms with van der Waals surface area (Å²) in [6, 6.07) is 3.49. The summed E-state index contributed by atoms with van der Waals surface area (Å²) in [5.41, 5.74) is 0.364. The summed E-state index contributed by atoms with van der Waals surface area (Å²) < 4.78 is 27.2. The predicted octanol–water partition coefficient (Wildman–Crippen LogP) is 3.34. The van der Waals surface area contributed by atoms with E-state index in [1.54, 1.807) is 4.90 Å². The second-order valence-electron chi connectivity index (χ2n) is 5.40. The second kappa shape index (κ2) is 7.72. The number of hydrogen-bond donors (Lipinski definition) is 0. The van der Waals surface area contributed by atoms with Gasteiger partial charge in [-0.3, -0.25) is 4.79 Å². The smallest absolute Gasteiger partial charge is 0.223 e. The maximum absolute atomic E-state index is 13.9. The van der Waals surface area contributed by atoms with Crippen LogP contribution in [-0.2, 0) is 9.59 Å². The third-order valence-electron chi connectivity index (χ3n) is 3.69. The van der Waals surface area contributed by atoms with Crippen LogP contribution < -0.4 is 0 Å². The number of hydrogen-bond acceptors (Lipinski definition) is 3. The Balaban J connectivity index is 1.99. The number of ketones is 1. The lowest BCUT2D eigenvalue weighted by Crippen LogP contribution is -2.33. The third kappa shape index (κ3) is 4.53. The molecule has 1 amide bonds. The van der Waals surface area contributed by atoms with Gasteiger partial charge in [0.05, 0.1) is 0 Å². The molecule has 0 bridgehead atoms. The molecule has 1 heterocycles. The standard InChI is InChI=1S/C16H19F2NO2S/c1-11(20)2-5-16(21)19-7-6-15(22-9-8-19)13-10-12(17)3-4-14(13)18/h3-4,10,15H,2,5-9H2,1H3. The zero-order valence-corrected chi connectivity index (χ0v) is 13.3. The van der Waals surface area contributed by atoms with Gasteiger partial charge in [0.2, 0.25) is 5.91 Å². The lowest BCUT2D eigenvalue weighted by molar-refractivity contribution is -0.132. The summed E-state index contributed by atoms with van der Waals surface area (Å²) in [6.45, 7) is 2.55. The van der Waals surface area contributed by atoms with Crippen molar-refractivity contribution in [2.75, 3.05) is 18.8 Å². The summed E-state index contributed by atoms with van der Waals surface area (Å²) in [7, 11) is 0. The van der Waals surface area contributed by atoms with E-state index in [9.17, 15) is 18.4 Å². The average Bonchev–Trinajstić information content (AvgIpc) is 2.73. The molecule has 1 aromatic carbocycles. The molecule has 0 saturated carbocycles. The van der Waals surface area contributed by atoms with Crippen molar-refractivity contribution in [2.45, 2.75) is 31.4 Å². The van der Waals surface area contributed by atoms with Gasteiger partial charge in [0, 0.05) is 42.5 Å². The Morgan fingerprint density at radius 2 is 2.05 bits per heavy atom. The van der Waals surface area contributed by atoms with Crippen LogP contribution in [0.3, 0.4) is 0 Å². The highest BCUT2D eigenvalue weighted by Crippen LogP contribution is 2.36. The van der Waals surface area contributed by atoms with E-state index in [2.05, 4.69) is 0 Å². The van der Waals surface area contributed by atoms with E-state index in [1.165, 1.54) is 24.8 Å². The number of rotatable bonds is 4. The van der Waals surface area contributed by atoms with Crippen LogP contribution in [0.2, 0.25) is 0 Å². The minimum atomic E-state index is -0.448. The van der Waals surface area contributed by atoms with E-state index in [0.717, 1.165) is 12.1 Å². The largest absolute Gasteiger partial charge is 0.342 e. The van der Waals surface area contributed by atoms with Crippen molar-refractivity contribution in [3.05, 3.63) is 35.4 Å². The van der Waals surface area contributed by atoms with E-state index < -0.39 is 11.6 Å². The van der Waals surface area contributed by atoms with E-state index in [4.69, 9.17) is 0 Å². The number of Topliss-reactive ketones (excluding diaryl/α,β-unsaturated/α-hetero) is 1. The Bertz CT molecular complexity index is 565. The number of carbonyl (C=O) groups excluding carboxylic acids is 2. The van der Waals surface area contributed by atoms with Gasteiger partial charge in [-0.25, -0.2) is 8.78 Å². The summed E-state index contributed by atoms with van der Waals surface area (Å²) in [5.74, 6) is -0.230. The zero-order chi connectivity index (χ0) is 16.1. The van der Waals surface area contributed by atoms with Gasteiger partial charge in [0.15, 0.2) is 0 Å². The monoisotopic (exact) mass is 327 g/mol. The number of nitrogens with zero attached hydrogens (tertiary/aromatic N) is 1. The van der Waals surface area contributed by atoms with Crippen LogP contribution in [0.25, 0.3) is 0 Å². The number of benzene rings is 1. The number of thioether (sulfide) groups is 1. The second-order valence-corrected chi connectivity index (χ2v) is 6.71. The molecule has 120 valence electrons. The van der Waals surface area contributed by atoms with E-state index in [1.807, 2.05) is 0 Å². The molecule has 2 rings (SSSR count). The number of carbonyl (C=O) groups is 2. The molecule has 1 aromatic rings. The fraction of sp³-hybridized carbons (Fsp3) is 0.500. The SMILES string of the molecule is CC(=O)CCC(=O)N1CCSC(c2cc(F)ccc2F)CC1. The molecule has 0 spiro atoms. The quantitative estimate of drug-likeness (QED) is 0.851. The van der Waals surface area contributed by atoms with Gasteiger partial charge < -0.3 is 9.69 Å². The van der Waals surface area contributed by atoms with Crippen molar-refractivity contribution in [2.24, 2.45) is 0 Å². The molecule has 0 radical (unpaired) electrons. The Morgan fingerprint density at radius 3 is 2.77 bits per heavy atom. The van der Waals surface area contributed by atoms with Crippen LogP contribution in [0.4, 0.5) is 8.78 Å². The lowest BCUT2D eigenvalue weighted by Gasteiger charge is -2.20. The highest BCUT2D eigenvalue weighted by Gasteiger charge is 2.24. The summed E-state index contributed by atoms with van der Waals surface area (Å²) in [4.78, 5) is 24.7. The fourth-order valence-electron chi connectivity index (χ4n) is 2.47. The van der Waals surface area contributed by atoms with Crippen molar-refractivity contribution in [1.82, 2.24) is 4.90 Å². The van der Waals surface area contributed by atoms with Crippen LogP contribution in [0, 0.1) is 11.6 Å². The van der Waals surface area contributed by atoms with Gasteiger partial charge in [-0.1, -0.05) is 0 Å². The molecule has 0 aliphatic carbocycles. The van der Waals surface area contributed by atoms with Gasteiger partial charge in [-0.15, -0.1) is 0 Å². The Labute approximate surface area is 133 Å². The first-order chi connectivity index (χ1) is 10.5. The Kier molecular flexibility index (Phi) is 5.94. The number of halogens is 2. The number of amides is 1. The maximum atomic E-state index is 13.9. The van der Waals surface area contributed by atoms with Crippen molar-refractivity contribution in [3.8, 4) is 0 Å². The molecule has 1 unspecified atom stereocenters. The topological polar surface area (TPSA) is 37.4 Å². The lowest BCUT2D eigenvalue weighted by atomic mass is 10.1. The fourth-order valence-corrected chi connectivity index (χ4v) is 3.71. The van der Waals surface area contributed by atoms with Crippen LogP contribution in [-0.4, -0.2) is 35.4 Å². The van der Waals surface area contributed by atoms with E-state index in [-0.39, 0.29) is 29.8 Å². The predicted molar refractivity (Wildman–Crippen MR) is 82.7 cm³/mol. The normalized spacial score (nSPS) is 18.9. The van der Waals surface area contributed by atoms with Gasteiger partial charge in [0.25, 0.3) is 0 Å². The minimum absolute atomic E-state index is 0.00254. The summed E-state index contributed by atoms with van der Waals surface area (Å²) >= 11 is 1.54. The summed E-state index contributed by atoms with van der Waals surface area (Å²) in [5, 5.41) is -0.152. The van der Waals surface area contributed by atoms with Crippen molar-refractivity contribution < 1.29 is 18.4 Å². The Morgan fingerprint density at radius 1 is 1.27 bits per heavy atom. The molecular weight excluding hydrogens is 308 g/mol. The first-order valence-electron chi connectivity index (χ1n) is 7.31. The first kappa shape index (κ1) is 16.9. The molecule has 0 aromatic heterocycles. The molecule has 1 fully saturated rings. The third-order valence-corrected chi connectivity index (χ3v) is 5.00. The molecule has 0 N–H and O–H groups in total. The van der Waals surface area contributed by atoms with Crippen LogP contribution in [0.5, 0.6) is 0 Å². The van der Waals surface area contributed by atoms with Crippen LogP contribution >= 0.6 is 11.8 Å². The van der Waals surface area contributed by atoms with Crippen molar-refractivity contribution >= 4 is 23.5 Å². The molecule has 1 saturated heterocycles. The van der Waals surface area contributed by atoms with Gasteiger partial charge in [-0.2, -0.15) is 11.8 Å². The van der Waals surface area contributed by atoms with Crippen LogP contribution in [0.15, 0.2) is 18.2 Å². The maximum Gasteiger partial charge on any atom is 0.223 e. The van der Waals surface area contributed by atoms with Gasteiger partial charge in [0.1, 0.15) is 17.4 Å².